The van der Waals surface area contributed by atoms with Crippen molar-refractivity contribution in [3.63, 3.8) is 0 Å². The summed E-state index contributed by atoms with van der Waals surface area (Å²) < 4.78 is 16.4. The number of nitrogen functional groups attached to an aromatic ring is 1. The molecule has 0 radical (unpaired) electrons. The third-order valence-electron chi connectivity index (χ3n) is 4.27. The van der Waals surface area contributed by atoms with Gasteiger partial charge in [-0.1, -0.05) is 0 Å². The number of carbonyl (C=O) groups is 2. The minimum atomic E-state index is -1.27. The van der Waals surface area contributed by atoms with Gasteiger partial charge in [-0.25, -0.2) is 4.98 Å². The van der Waals surface area contributed by atoms with Gasteiger partial charge in [-0.2, -0.15) is 0 Å². The lowest BCUT2D eigenvalue weighted by Gasteiger charge is -2.20. The second-order valence-corrected chi connectivity index (χ2v) is 7.45. The summed E-state index contributed by atoms with van der Waals surface area (Å²) in [7, 11) is 0. The average Bonchev–Trinajstić information content (AvgIpc) is 3.09. The Balaban J connectivity index is 1.80. The molecule has 2 aliphatic heterocycles. The Morgan fingerprint density at radius 2 is 2.22 bits per heavy atom. The fraction of sp³-hybridized carbons (Fsp3) is 0.667. The van der Waals surface area contributed by atoms with Crippen LogP contribution in [0.1, 0.15) is 39.3 Å². The summed E-state index contributed by atoms with van der Waals surface area (Å²) in [5, 5.41) is 2.15. The molecule has 23 heavy (non-hydrogen) atoms. The molecule has 8 heteroatoms. The monoisotopic (exact) mass is 340 g/mol. The third-order valence-corrected chi connectivity index (χ3v) is 4.94. The standard InChI is InChI=1S/C15H20N2O5S/c1-8(2)20-5-9-4-15(11(18)21-9)7-14(3,22-12(15)19)10-6-23-13(16)17-10/h6,8-9H,4-5,7H2,1-3H3,(H2,16,17)/t9-,14-,15-/m0/s1. The van der Waals surface area contributed by atoms with Gasteiger partial charge in [0.25, 0.3) is 0 Å². The molecule has 2 aliphatic rings. The molecule has 1 aromatic heterocycles. The van der Waals surface area contributed by atoms with Gasteiger partial charge in [-0.3, -0.25) is 9.59 Å². The van der Waals surface area contributed by atoms with Crippen LogP contribution in [-0.2, 0) is 29.4 Å². The molecular weight excluding hydrogens is 320 g/mol. The molecule has 3 heterocycles. The van der Waals surface area contributed by atoms with Crippen LogP contribution >= 0.6 is 11.3 Å². The number of hydrogen-bond donors (Lipinski definition) is 1. The molecular formula is C15H20N2O5S. The van der Waals surface area contributed by atoms with Crippen LogP contribution in [0.3, 0.4) is 0 Å². The molecule has 2 fully saturated rings. The quantitative estimate of drug-likeness (QED) is 0.656. The van der Waals surface area contributed by atoms with Crippen molar-refractivity contribution in [3.05, 3.63) is 11.1 Å². The maximum Gasteiger partial charge on any atom is 0.324 e. The summed E-state index contributed by atoms with van der Waals surface area (Å²) >= 11 is 1.27. The van der Waals surface area contributed by atoms with Crippen LogP contribution < -0.4 is 5.73 Å². The Morgan fingerprint density at radius 3 is 2.83 bits per heavy atom. The first-order valence-corrected chi connectivity index (χ1v) is 8.41. The van der Waals surface area contributed by atoms with E-state index in [-0.39, 0.29) is 25.6 Å². The maximum atomic E-state index is 12.5. The number of aromatic nitrogens is 1. The maximum absolute atomic E-state index is 12.5. The first-order valence-electron chi connectivity index (χ1n) is 7.53. The molecule has 0 bridgehead atoms. The molecule has 126 valence electrons. The lowest BCUT2D eigenvalue weighted by Crippen LogP contribution is -2.32. The number of nitrogens with zero attached hydrogens (tertiary/aromatic N) is 1. The van der Waals surface area contributed by atoms with Crippen LogP contribution in [0.2, 0.25) is 0 Å². The topological polar surface area (TPSA) is 101 Å². The van der Waals surface area contributed by atoms with E-state index in [1.54, 1.807) is 12.3 Å². The first-order chi connectivity index (χ1) is 10.7. The van der Waals surface area contributed by atoms with Crippen LogP contribution in [0, 0.1) is 5.41 Å². The number of carbonyl (C=O) groups excluding carboxylic acids is 2. The number of esters is 2. The summed E-state index contributed by atoms with van der Waals surface area (Å²) in [6, 6.07) is 0. The predicted octanol–water partition coefficient (Wildman–Crippen LogP) is 1.61. The largest absolute Gasteiger partial charge is 0.459 e. The number of nitrogens with two attached hydrogens (primary N) is 1. The zero-order valence-corrected chi connectivity index (χ0v) is 14.1. The van der Waals surface area contributed by atoms with Gasteiger partial charge in [-0.05, 0) is 20.8 Å². The van der Waals surface area contributed by atoms with Crippen LogP contribution in [0.4, 0.5) is 5.13 Å². The average molecular weight is 340 g/mol. The summed E-state index contributed by atoms with van der Waals surface area (Å²) in [6.45, 7) is 5.83. The fourth-order valence-electron chi connectivity index (χ4n) is 3.14. The fourth-order valence-corrected chi connectivity index (χ4v) is 3.83. The van der Waals surface area contributed by atoms with Gasteiger partial charge in [0, 0.05) is 18.2 Å². The van der Waals surface area contributed by atoms with Crippen molar-refractivity contribution in [2.75, 3.05) is 12.3 Å². The minimum absolute atomic E-state index is 0.0315. The number of ether oxygens (including phenoxy) is 3. The Morgan fingerprint density at radius 1 is 1.48 bits per heavy atom. The highest BCUT2D eigenvalue weighted by molar-refractivity contribution is 7.13. The smallest absolute Gasteiger partial charge is 0.324 e. The van der Waals surface area contributed by atoms with Crippen LogP contribution in [-0.4, -0.2) is 35.7 Å². The van der Waals surface area contributed by atoms with Crippen LogP contribution in [0.5, 0.6) is 0 Å². The SMILES string of the molecule is CC(C)OC[C@@H]1C[C@]2(C[C@@](C)(c3csc(N)n3)OC2=O)C(=O)O1. The Labute approximate surface area is 138 Å². The lowest BCUT2D eigenvalue weighted by molar-refractivity contribution is -0.160. The third kappa shape index (κ3) is 2.70. The van der Waals surface area contributed by atoms with E-state index >= 15 is 0 Å². The highest BCUT2D eigenvalue weighted by atomic mass is 32.1. The molecule has 1 spiro atoms. The summed E-state index contributed by atoms with van der Waals surface area (Å²) in [4.78, 5) is 29.0. The van der Waals surface area contributed by atoms with Gasteiger partial charge >= 0.3 is 11.9 Å². The summed E-state index contributed by atoms with van der Waals surface area (Å²) in [5.41, 5.74) is 4.00. The normalized spacial score (nSPS) is 33.5. The molecule has 0 unspecified atom stereocenters. The molecule has 0 amide bonds. The van der Waals surface area contributed by atoms with Crippen molar-refractivity contribution in [1.82, 2.24) is 4.98 Å². The van der Waals surface area contributed by atoms with Gasteiger partial charge in [0.05, 0.1) is 18.4 Å². The van der Waals surface area contributed by atoms with Crippen LogP contribution in [0.15, 0.2) is 5.38 Å². The Kier molecular flexibility index (Phi) is 3.84. The van der Waals surface area contributed by atoms with Gasteiger partial charge in [0.15, 0.2) is 16.1 Å². The van der Waals surface area contributed by atoms with Crippen molar-refractivity contribution in [2.45, 2.75) is 51.4 Å². The number of hydrogen-bond acceptors (Lipinski definition) is 8. The predicted molar refractivity (Wildman–Crippen MR) is 82.6 cm³/mol. The van der Waals surface area contributed by atoms with E-state index in [0.29, 0.717) is 10.8 Å². The van der Waals surface area contributed by atoms with E-state index in [0.717, 1.165) is 0 Å². The number of thiazole rings is 1. The highest BCUT2D eigenvalue weighted by Crippen LogP contribution is 2.52. The number of cyclic esters (lactones) is 2. The molecule has 0 saturated carbocycles. The molecule has 0 aromatic carbocycles. The summed E-state index contributed by atoms with van der Waals surface area (Å²) in [6.07, 6.45) is 0.0790. The zero-order valence-electron chi connectivity index (χ0n) is 13.3. The van der Waals surface area contributed by atoms with Crippen molar-refractivity contribution in [1.29, 1.82) is 0 Å². The van der Waals surface area contributed by atoms with Gasteiger partial charge in [0.2, 0.25) is 0 Å². The first kappa shape index (κ1) is 16.2. The highest BCUT2D eigenvalue weighted by Gasteiger charge is 2.65. The van der Waals surface area contributed by atoms with Crippen molar-refractivity contribution < 1.29 is 23.8 Å². The van der Waals surface area contributed by atoms with Gasteiger partial charge in [-0.15, -0.1) is 11.3 Å². The lowest BCUT2D eigenvalue weighted by atomic mass is 9.78. The second kappa shape index (κ2) is 5.45. The number of rotatable bonds is 4. The summed E-state index contributed by atoms with van der Waals surface area (Å²) in [5.74, 6) is -1.09. The van der Waals surface area contributed by atoms with E-state index < -0.39 is 29.1 Å². The molecule has 1 aromatic rings. The molecule has 0 aliphatic carbocycles. The zero-order chi connectivity index (χ0) is 16.8. The Hall–Kier alpha value is -1.67. The number of anilines is 1. The van der Waals surface area contributed by atoms with Crippen LogP contribution in [0.25, 0.3) is 0 Å². The van der Waals surface area contributed by atoms with E-state index in [1.165, 1.54) is 11.3 Å². The van der Waals surface area contributed by atoms with E-state index in [2.05, 4.69) is 4.98 Å². The molecule has 3 atom stereocenters. The van der Waals surface area contributed by atoms with Gasteiger partial charge < -0.3 is 19.9 Å². The molecule has 2 saturated heterocycles. The van der Waals surface area contributed by atoms with Crippen molar-refractivity contribution >= 4 is 28.4 Å². The van der Waals surface area contributed by atoms with Crippen molar-refractivity contribution in [2.24, 2.45) is 5.41 Å². The Bertz CT molecular complexity index is 646. The molecule has 2 N–H and O–H groups in total. The minimum Gasteiger partial charge on any atom is -0.459 e. The molecule has 3 rings (SSSR count). The van der Waals surface area contributed by atoms with Gasteiger partial charge in [0.1, 0.15) is 6.10 Å². The van der Waals surface area contributed by atoms with E-state index in [4.69, 9.17) is 19.9 Å². The van der Waals surface area contributed by atoms with E-state index in [1.807, 2.05) is 13.8 Å². The molecule has 7 nitrogen and oxygen atoms in total. The second-order valence-electron chi connectivity index (χ2n) is 6.56. The van der Waals surface area contributed by atoms with E-state index in [9.17, 15) is 9.59 Å². The van der Waals surface area contributed by atoms with Crippen molar-refractivity contribution in [3.8, 4) is 0 Å².